The average Bonchev–Trinajstić information content (AvgIpc) is 2.88. The first-order chi connectivity index (χ1) is 19.0. The summed E-state index contributed by atoms with van der Waals surface area (Å²) in [6, 6.07) is 5.60. The van der Waals surface area contributed by atoms with Gasteiger partial charge in [-0.15, -0.1) is 0 Å². The molecule has 1 aromatic carbocycles. The van der Waals surface area contributed by atoms with Crippen molar-refractivity contribution in [1.82, 2.24) is 0 Å². The van der Waals surface area contributed by atoms with Crippen molar-refractivity contribution in [2.45, 2.75) is 88.5 Å². The van der Waals surface area contributed by atoms with Crippen LogP contribution in [0, 0.1) is 11.8 Å². The molecule has 3 atom stereocenters. The van der Waals surface area contributed by atoms with E-state index in [1.165, 1.54) is 24.3 Å². The molecule has 0 N–H and O–H groups in total. The van der Waals surface area contributed by atoms with Crippen LogP contribution in [0.4, 0.5) is 57.1 Å². The Balaban J connectivity index is 2.70. The summed E-state index contributed by atoms with van der Waals surface area (Å²) in [5.74, 6) is -37.0. The van der Waals surface area contributed by atoms with E-state index in [2.05, 4.69) is 0 Å². The Hall–Kier alpha value is -2.52. The summed E-state index contributed by atoms with van der Waals surface area (Å²) in [5, 5.41) is 0. The van der Waals surface area contributed by atoms with Gasteiger partial charge in [-0.2, -0.15) is 57.1 Å². The Morgan fingerprint density at radius 2 is 1.29 bits per heavy atom. The van der Waals surface area contributed by atoms with Crippen molar-refractivity contribution < 1.29 is 71.3 Å². The van der Waals surface area contributed by atoms with Gasteiger partial charge in [0.2, 0.25) is 0 Å². The van der Waals surface area contributed by atoms with Crippen molar-refractivity contribution in [2.75, 3.05) is 6.61 Å². The number of hydrogen-bond donors (Lipinski definition) is 0. The molecule has 0 aliphatic carbocycles. The lowest BCUT2D eigenvalue weighted by molar-refractivity contribution is -0.440. The number of rotatable bonds is 17. The molecule has 0 aliphatic rings. The zero-order valence-corrected chi connectivity index (χ0v) is 22.4. The molecule has 42 heavy (non-hydrogen) atoms. The number of carbonyl (C=O) groups excluding carboxylic acids is 1. The lowest BCUT2D eigenvalue weighted by Gasteiger charge is -2.39. The fourth-order valence-electron chi connectivity index (χ4n) is 3.22. The van der Waals surface area contributed by atoms with Crippen LogP contribution in [0.15, 0.2) is 36.4 Å². The van der Waals surface area contributed by atoms with E-state index in [9.17, 15) is 61.9 Å². The Morgan fingerprint density at radius 1 is 0.762 bits per heavy atom. The molecule has 0 bridgehead atoms. The molecule has 0 radical (unpaired) electrons. The van der Waals surface area contributed by atoms with Gasteiger partial charge in [0.1, 0.15) is 12.0 Å². The van der Waals surface area contributed by atoms with Crippen LogP contribution in [0.5, 0.6) is 5.75 Å². The molecule has 1 aromatic rings. The van der Waals surface area contributed by atoms with E-state index >= 15 is 0 Å². The molecular weight excluding hydrogens is 607 g/mol. The second-order valence-corrected chi connectivity index (χ2v) is 9.75. The van der Waals surface area contributed by atoms with E-state index < -0.39 is 55.2 Å². The summed E-state index contributed by atoms with van der Waals surface area (Å²) in [7, 11) is 0. The maximum atomic E-state index is 13.8. The number of alkyl halides is 13. The number of carbonyl (C=O) groups is 1. The van der Waals surface area contributed by atoms with Gasteiger partial charge in [-0.25, -0.2) is 0 Å². The summed E-state index contributed by atoms with van der Waals surface area (Å²) in [6.45, 7) is 4.76. The molecule has 0 unspecified atom stereocenters. The summed E-state index contributed by atoms with van der Waals surface area (Å²) in [5.41, 5.74) is 0.630. The van der Waals surface area contributed by atoms with Crippen LogP contribution in [0.3, 0.4) is 0 Å². The normalized spacial score (nSPS) is 16.4. The number of benzene rings is 1. The minimum atomic E-state index is -7.91. The average molecular weight is 636 g/mol. The standard InChI is InChI=1S/C26H29F13O3/c1-16(14-40)6-4-7-17(2)18(3)42-15-19-8-10-20(11-9-19)41-13-5-12-21(27,28)22(29,30)23(31,32)24(33,34)25(35,36)26(37,38)39/h4,7-11,14,16-18H,5-6,12-13,15H2,1-3H3/b7-4+/t16-,17+,18-/m1/s1. The van der Waals surface area contributed by atoms with Crippen molar-refractivity contribution in [3.05, 3.63) is 42.0 Å². The molecule has 0 saturated heterocycles. The minimum absolute atomic E-state index is 0.00395. The zero-order valence-electron chi connectivity index (χ0n) is 22.4. The fraction of sp³-hybridized carbons (Fsp3) is 0.654. The van der Waals surface area contributed by atoms with Crippen LogP contribution >= 0.6 is 0 Å². The summed E-state index contributed by atoms with van der Waals surface area (Å²) in [4.78, 5) is 10.6. The number of aldehydes is 1. The molecule has 0 heterocycles. The molecular formula is C26H29F13O3. The SMILES string of the molecule is C[C@@H](C=O)C/C=C/[C@H](C)[C@@H](C)OCc1ccc(OCCCC(F)(F)C(F)(F)C(F)(F)C(F)(F)C(F)(F)C(F)(F)F)cc1. The molecule has 0 fully saturated rings. The molecule has 0 saturated carbocycles. The molecule has 0 aliphatic heterocycles. The van der Waals surface area contributed by atoms with Crippen LogP contribution in [0.25, 0.3) is 0 Å². The molecule has 242 valence electrons. The first kappa shape index (κ1) is 37.5. The Kier molecular flexibility index (Phi) is 12.4. The predicted octanol–water partition coefficient (Wildman–Crippen LogP) is 8.91. The Labute approximate surface area is 233 Å². The smallest absolute Gasteiger partial charge is 0.460 e. The highest BCUT2D eigenvalue weighted by Crippen LogP contribution is 2.60. The third-order valence-corrected chi connectivity index (χ3v) is 6.26. The van der Waals surface area contributed by atoms with Gasteiger partial charge in [-0.1, -0.05) is 38.1 Å². The minimum Gasteiger partial charge on any atom is -0.494 e. The van der Waals surface area contributed by atoms with Crippen LogP contribution in [-0.4, -0.2) is 54.8 Å². The Morgan fingerprint density at radius 3 is 1.79 bits per heavy atom. The molecule has 3 nitrogen and oxygen atoms in total. The number of allylic oxidation sites excluding steroid dienone is 1. The molecule has 0 spiro atoms. The van der Waals surface area contributed by atoms with Crippen molar-refractivity contribution in [3.63, 3.8) is 0 Å². The van der Waals surface area contributed by atoms with E-state index in [0.29, 0.717) is 12.0 Å². The van der Waals surface area contributed by atoms with Gasteiger partial charge in [-0.05, 0) is 43.4 Å². The highest BCUT2D eigenvalue weighted by atomic mass is 19.4. The van der Waals surface area contributed by atoms with Gasteiger partial charge in [0.15, 0.2) is 0 Å². The van der Waals surface area contributed by atoms with Gasteiger partial charge in [0.25, 0.3) is 0 Å². The molecule has 16 heteroatoms. The topological polar surface area (TPSA) is 35.5 Å². The third-order valence-electron chi connectivity index (χ3n) is 6.26. The maximum absolute atomic E-state index is 13.8. The maximum Gasteiger partial charge on any atom is 0.460 e. The van der Waals surface area contributed by atoms with Crippen LogP contribution in [0.2, 0.25) is 0 Å². The van der Waals surface area contributed by atoms with E-state index in [1.807, 2.05) is 26.0 Å². The zero-order chi connectivity index (χ0) is 32.8. The van der Waals surface area contributed by atoms with Crippen molar-refractivity contribution in [3.8, 4) is 5.75 Å². The number of ether oxygens (including phenoxy) is 2. The second kappa shape index (κ2) is 13.8. The summed E-state index contributed by atoms with van der Waals surface area (Å²) < 4.78 is 182. The molecule has 0 amide bonds. The third kappa shape index (κ3) is 8.31. The predicted molar refractivity (Wildman–Crippen MR) is 124 cm³/mol. The van der Waals surface area contributed by atoms with Crippen molar-refractivity contribution >= 4 is 6.29 Å². The Bertz CT molecular complexity index is 1020. The van der Waals surface area contributed by atoms with Crippen LogP contribution in [0.1, 0.15) is 45.6 Å². The first-order valence-corrected chi connectivity index (χ1v) is 12.4. The van der Waals surface area contributed by atoms with Gasteiger partial charge in [0, 0.05) is 12.3 Å². The second-order valence-electron chi connectivity index (χ2n) is 9.75. The van der Waals surface area contributed by atoms with E-state index in [1.54, 1.807) is 6.92 Å². The van der Waals surface area contributed by atoms with E-state index in [-0.39, 0.29) is 30.3 Å². The van der Waals surface area contributed by atoms with Crippen molar-refractivity contribution in [2.24, 2.45) is 11.8 Å². The largest absolute Gasteiger partial charge is 0.494 e. The fourth-order valence-corrected chi connectivity index (χ4v) is 3.22. The summed E-state index contributed by atoms with van der Waals surface area (Å²) in [6.07, 6.45) is -6.01. The number of hydrogen-bond acceptors (Lipinski definition) is 3. The van der Waals surface area contributed by atoms with Gasteiger partial charge in [0.05, 0.1) is 19.3 Å². The lowest BCUT2D eigenvalue weighted by atomic mass is 9.92. The highest BCUT2D eigenvalue weighted by molar-refractivity contribution is 5.52. The highest BCUT2D eigenvalue weighted by Gasteiger charge is 2.90. The lowest BCUT2D eigenvalue weighted by Crippen LogP contribution is -2.70. The number of halogens is 13. The summed E-state index contributed by atoms with van der Waals surface area (Å²) >= 11 is 0. The van der Waals surface area contributed by atoms with E-state index in [0.717, 1.165) is 6.29 Å². The van der Waals surface area contributed by atoms with Gasteiger partial charge in [-0.3, -0.25) is 0 Å². The molecule has 0 aromatic heterocycles. The van der Waals surface area contributed by atoms with Crippen LogP contribution in [-0.2, 0) is 16.1 Å². The van der Waals surface area contributed by atoms with Gasteiger partial charge >= 0.3 is 35.8 Å². The first-order valence-electron chi connectivity index (χ1n) is 12.4. The van der Waals surface area contributed by atoms with Crippen molar-refractivity contribution in [1.29, 1.82) is 0 Å². The quantitative estimate of drug-likeness (QED) is 0.0742. The van der Waals surface area contributed by atoms with Crippen LogP contribution < -0.4 is 4.74 Å². The van der Waals surface area contributed by atoms with Gasteiger partial charge < -0.3 is 14.3 Å². The monoisotopic (exact) mass is 636 g/mol. The van der Waals surface area contributed by atoms with E-state index in [4.69, 9.17) is 9.47 Å². The molecule has 1 rings (SSSR count).